The average molecular weight is 496 g/mol. The summed E-state index contributed by atoms with van der Waals surface area (Å²) in [5.41, 5.74) is 5.39. The third-order valence-corrected chi connectivity index (χ3v) is 8.60. The molecule has 1 fully saturated rings. The van der Waals surface area contributed by atoms with Crippen molar-refractivity contribution < 1.29 is 17.7 Å². The fraction of sp³-hybridized carbons (Fsp3) is 0.407. The second-order valence-electron chi connectivity index (χ2n) is 9.20. The molecule has 1 aromatic heterocycles. The molecule has 2 heterocycles. The Hall–Kier alpha value is -3.13. The molecular weight excluding hydrogens is 462 g/mol. The van der Waals surface area contributed by atoms with Crippen LogP contribution in [0, 0.1) is 13.8 Å². The van der Waals surface area contributed by atoms with E-state index in [1.165, 1.54) is 5.56 Å². The van der Waals surface area contributed by atoms with E-state index in [1.54, 1.807) is 11.0 Å². The van der Waals surface area contributed by atoms with Crippen molar-refractivity contribution >= 4 is 21.4 Å². The molecule has 1 aliphatic rings. The standard InChI is InChI=1S/C27H33N3O4S/c1-5-29(6-2)23-11-8-21(9-12-23)17-30(24-13-14-35(32,33)18-24)27(31)25-16-26(34-28-25)22-10-7-19(3)20(4)15-22/h7-12,15-16,24H,5-6,13-14,17-18H2,1-4H3/t24-/m0/s1. The van der Waals surface area contributed by atoms with Crippen LogP contribution in [0.2, 0.25) is 0 Å². The molecule has 0 unspecified atom stereocenters. The van der Waals surface area contributed by atoms with E-state index >= 15 is 0 Å². The number of nitrogens with zero attached hydrogens (tertiary/aromatic N) is 3. The number of hydrogen-bond donors (Lipinski definition) is 0. The molecule has 0 aliphatic carbocycles. The molecule has 0 saturated carbocycles. The van der Waals surface area contributed by atoms with Gasteiger partial charge in [0, 0.05) is 43.0 Å². The average Bonchev–Trinajstić information content (AvgIpc) is 3.47. The summed E-state index contributed by atoms with van der Waals surface area (Å²) in [6, 6.07) is 15.3. The molecule has 186 valence electrons. The molecule has 1 aliphatic heterocycles. The molecule has 1 amide bonds. The number of sulfone groups is 1. The van der Waals surface area contributed by atoms with E-state index in [4.69, 9.17) is 4.52 Å². The maximum absolute atomic E-state index is 13.6. The molecular formula is C27H33N3O4S. The summed E-state index contributed by atoms with van der Waals surface area (Å²) >= 11 is 0. The van der Waals surface area contributed by atoms with Gasteiger partial charge in [-0.05, 0) is 69.0 Å². The Kier molecular flexibility index (Phi) is 7.31. The van der Waals surface area contributed by atoms with Crippen LogP contribution in [-0.4, -0.2) is 55.0 Å². The Balaban J connectivity index is 1.60. The number of hydrogen-bond acceptors (Lipinski definition) is 6. The topological polar surface area (TPSA) is 83.7 Å². The van der Waals surface area contributed by atoms with Gasteiger partial charge in [-0.25, -0.2) is 8.42 Å². The summed E-state index contributed by atoms with van der Waals surface area (Å²) in [7, 11) is -3.16. The molecule has 0 spiro atoms. The highest BCUT2D eigenvalue weighted by molar-refractivity contribution is 7.91. The Bertz CT molecular complexity index is 1290. The van der Waals surface area contributed by atoms with Crippen molar-refractivity contribution in [2.24, 2.45) is 0 Å². The number of aromatic nitrogens is 1. The van der Waals surface area contributed by atoms with E-state index in [2.05, 4.69) is 23.9 Å². The van der Waals surface area contributed by atoms with E-state index < -0.39 is 15.9 Å². The highest BCUT2D eigenvalue weighted by atomic mass is 32.2. The molecule has 0 radical (unpaired) electrons. The predicted octanol–water partition coefficient (Wildman–Crippen LogP) is 4.63. The Morgan fingerprint density at radius 2 is 1.74 bits per heavy atom. The summed E-state index contributed by atoms with van der Waals surface area (Å²) in [6.07, 6.45) is 0.424. The van der Waals surface area contributed by atoms with Gasteiger partial charge in [-0.1, -0.05) is 29.4 Å². The van der Waals surface area contributed by atoms with Gasteiger partial charge < -0.3 is 14.3 Å². The predicted molar refractivity (Wildman–Crippen MR) is 138 cm³/mol. The first-order valence-electron chi connectivity index (χ1n) is 12.1. The molecule has 1 saturated heterocycles. The molecule has 35 heavy (non-hydrogen) atoms. The smallest absolute Gasteiger partial charge is 0.276 e. The Morgan fingerprint density at radius 3 is 2.34 bits per heavy atom. The molecule has 3 aromatic rings. The number of amides is 1. The van der Waals surface area contributed by atoms with Crippen LogP contribution in [0.3, 0.4) is 0 Å². The SMILES string of the molecule is CCN(CC)c1ccc(CN(C(=O)c2cc(-c3ccc(C)c(C)c3)on2)[C@H]2CCS(=O)(=O)C2)cc1. The Labute approximate surface area is 207 Å². The number of carbonyl (C=O) groups is 1. The van der Waals surface area contributed by atoms with Crippen molar-refractivity contribution in [2.45, 2.75) is 46.7 Å². The van der Waals surface area contributed by atoms with E-state index in [-0.39, 0.29) is 23.1 Å². The van der Waals surface area contributed by atoms with Crippen molar-refractivity contribution in [1.82, 2.24) is 10.1 Å². The van der Waals surface area contributed by atoms with Gasteiger partial charge in [-0.3, -0.25) is 4.79 Å². The first-order valence-corrected chi connectivity index (χ1v) is 13.9. The minimum absolute atomic E-state index is 0.0296. The fourth-order valence-corrected chi connectivity index (χ4v) is 6.27. The zero-order valence-electron chi connectivity index (χ0n) is 20.8. The molecule has 8 heteroatoms. The summed E-state index contributed by atoms with van der Waals surface area (Å²) in [5.74, 6) is 0.255. The second-order valence-corrected chi connectivity index (χ2v) is 11.4. The lowest BCUT2D eigenvalue weighted by Gasteiger charge is -2.28. The zero-order chi connectivity index (χ0) is 25.2. The van der Waals surface area contributed by atoms with Gasteiger partial charge in [0.15, 0.2) is 21.3 Å². The molecule has 7 nitrogen and oxygen atoms in total. The molecule has 2 aromatic carbocycles. The second kappa shape index (κ2) is 10.2. The Morgan fingerprint density at radius 1 is 1.03 bits per heavy atom. The fourth-order valence-electron chi connectivity index (χ4n) is 4.54. The molecule has 4 rings (SSSR count). The number of rotatable bonds is 8. The van der Waals surface area contributed by atoms with E-state index in [0.29, 0.717) is 18.7 Å². The maximum atomic E-state index is 13.6. The van der Waals surface area contributed by atoms with Crippen LogP contribution in [0.1, 0.15) is 47.4 Å². The third-order valence-electron chi connectivity index (χ3n) is 6.85. The first kappa shape index (κ1) is 25.0. The number of anilines is 1. The van der Waals surface area contributed by atoms with Crippen molar-refractivity contribution in [3.8, 4) is 11.3 Å². The van der Waals surface area contributed by atoms with Crippen LogP contribution in [0.25, 0.3) is 11.3 Å². The van der Waals surface area contributed by atoms with Gasteiger partial charge >= 0.3 is 0 Å². The summed E-state index contributed by atoms with van der Waals surface area (Å²) in [6.45, 7) is 10.4. The van der Waals surface area contributed by atoms with Crippen molar-refractivity contribution in [3.05, 3.63) is 70.9 Å². The lowest BCUT2D eigenvalue weighted by Crippen LogP contribution is -2.40. The van der Waals surface area contributed by atoms with E-state index in [1.807, 2.05) is 56.3 Å². The van der Waals surface area contributed by atoms with Gasteiger partial charge in [0.2, 0.25) is 0 Å². The maximum Gasteiger partial charge on any atom is 0.276 e. The number of aryl methyl sites for hydroxylation is 2. The van der Waals surface area contributed by atoms with Gasteiger partial charge in [0.1, 0.15) is 0 Å². The van der Waals surface area contributed by atoms with Gasteiger partial charge in [0.05, 0.1) is 11.5 Å². The number of benzene rings is 2. The monoisotopic (exact) mass is 495 g/mol. The summed E-state index contributed by atoms with van der Waals surface area (Å²) in [4.78, 5) is 17.5. The lowest BCUT2D eigenvalue weighted by molar-refractivity contribution is 0.0670. The highest BCUT2D eigenvalue weighted by Gasteiger charge is 2.36. The highest BCUT2D eigenvalue weighted by Crippen LogP contribution is 2.27. The summed E-state index contributed by atoms with van der Waals surface area (Å²) < 4.78 is 29.9. The third kappa shape index (κ3) is 5.59. The summed E-state index contributed by atoms with van der Waals surface area (Å²) in [5, 5.41) is 4.05. The van der Waals surface area contributed by atoms with Crippen LogP contribution in [0.5, 0.6) is 0 Å². The van der Waals surface area contributed by atoms with Gasteiger partial charge in [-0.15, -0.1) is 0 Å². The minimum Gasteiger partial charge on any atom is -0.372 e. The van der Waals surface area contributed by atoms with Crippen molar-refractivity contribution in [3.63, 3.8) is 0 Å². The van der Waals surface area contributed by atoms with Gasteiger partial charge in [0.25, 0.3) is 5.91 Å². The van der Waals surface area contributed by atoms with Crippen LogP contribution in [0.15, 0.2) is 53.1 Å². The molecule has 1 atom stereocenters. The van der Waals surface area contributed by atoms with Crippen LogP contribution < -0.4 is 4.90 Å². The molecule has 0 bridgehead atoms. The number of carbonyl (C=O) groups excluding carboxylic acids is 1. The lowest BCUT2D eigenvalue weighted by atomic mass is 10.0. The minimum atomic E-state index is -3.16. The molecule has 0 N–H and O–H groups in total. The van der Waals surface area contributed by atoms with E-state index in [0.717, 1.165) is 35.5 Å². The van der Waals surface area contributed by atoms with E-state index in [9.17, 15) is 13.2 Å². The van der Waals surface area contributed by atoms with Crippen molar-refractivity contribution in [2.75, 3.05) is 29.5 Å². The largest absolute Gasteiger partial charge is 0.372 e. The first-order chi connectivity index (χ1) is 16.7. The zero-order valence-corrected chi connectivity index (χ0v) is 21.6. The van der Waals surface area contributed by atoms with Crippen molar-refractivity contribution in [1.29, 1.82) is 0 Å². The quantitative estimate of drug-likeness (QED) is 0.453. The normalized spacial score (nSPS) is 16.9. The van der Waals surface area contributed by atoms with Crippen LogP contribution in [0.4, 0.5) is 5.69 Å². The van der Waals surface area contributed by atoms with Gasteiger partial charge in [-0.2, -0.15) is 0 Å². The van der Waals surface area contributed by atoms with Crippen LogP contribution in [-0.2, 0) is 16.4 Å². The van der Waals surface area contributed by atoms with Crippen LogP contribution >= 0.6 is 0 Å².